The topological polar surface area (TPSA) is 230 Å². The number of nitrogens with one attached hydrogen (secondary N) is 1. The van der Waals surface area contributed by atoms with Crippen molar-refractivity contribution < 1.29 is 39.2 Å². The summed E-state index contributed by atoms with van der Waals surface area (Å²) >= 11 is 2.51. The second-order valence-electron chi connectivity index (χ2n) is 9.36. The second-order valence-corrected chi connectivity index (χ2v) is 11.7. The summed E-state index contributed by atoms with van der Waals surface area (Å²) in [5, 5.41) is 32.9. The molecule has 1 fully saturated rings. The number of nitrogens with zero attached hydrogens (tertiary/aromatic N) is 3. The maximum atomic E-state index is 13.3. The SMILES string of the molecule is CC(O)C(C(=O)OC(=O)C1=C(SCCN=CN)CC2C(C(C)O)C(=O)N12)C1CC(SCCN=CN)=C(C(=O)O)N1. The minimum absolute atomic E-state index is 0.0771. The first kappa shape index (κ1) is 31.4. The van der Waals surface area contributed by atoms with Crippen LogP contribution in [0.15, 0.2) is 31.2 Å². The van der Waals surface area contributed by atoms with E-state index in [4.69, 9.17) is 16.2 Å². The van der Waals surface area contributed by atoms with Crippen LogP contribution in [-0.4, -0.2) is 106 Å². The Labute approximate surface area is 239 Å². The Balaban J connectivity index is 1.76. The Morgan fingerprint density at radius 3 is 2.23 bits per heavy atom. The molecule has 1 saturated heterocycles. The molecular weight excluding hydrogens is 564 g/mol. The molecule has 6 atom stereocenters. The van der Waals surface area contributed by atoms with Crippen molar-refractivity contribution in [2.45, 2.75) is 51.0 Å². The Hall–Kier alpha value is -3.08. The highest BCUT2D eigenvalue weighted by atomic mass is 32.2. The van der Waals surface area contributed by atoms with E-state index in [0.29, 0.717) is 40.8 Å². The quantitative estimate of drug-likeness (QED) is 0.0351. The molecule has 0 radical (unpaired) electrons. The van der Waals surface area contributed by atoms with Crippen LogP contribution in [-0.2, 0) is 23.9 Å². The van der Waals surface area contributed by atoms with Gasteiger partial charge in [-0.1, -0.05) is 0 Å². The van der Waals surface area contributed by atoms with Crippen LogP contribution in [0.4, 0.5) is 0 Å². The number of ether oxygens (including phenoxy) is 1. The number of nitrogens with two attached hydrogens (primary N) is 2. The first-order valence-corrected chi connectivity index (χ1v) is 14.6. The number of β-lactam (4-membered cyclic amide) rings is 1. The highest BCUT2D eigenvalue weighted by Gasteiger charge is 2.57. The standard InChI is InChI=1S/C24H34N6O8S2/c1-11(31)17(13-7-15(19(29-13)22(34)35)39-5-3-27-9-25)23(36)38-24(37)20-16(40-6-4-28-10-26)8-14-18(12(2)32)21(33)30(14)20/h9-14,17-18,29,31-32H,3-8H2,1-2H3,(H2,25,27)(H2,26,28)(H,34,35). The molecule has 0 aromatic carbocycles. The molecule has 0 aromatic rings. The predicted octanol–water partition coefficient (Wildman–Crippen LogP) is -1.03. The molecule has 3 aliphatic rings. The maximum Gasteiger partial charge on any atom is 0.363 e. The number of fused-ring (bicyclic) bond motifs is 1. The van der Waals surface area contributed by atoms with E-state index in [0.717, 1.165) is 12.7 Å². The van der Waals surface area contributed by atoms with Gasteiger partial charge in [-0.15, -0.1) is 23.5 Å². The van der Waals surface area contributed by atoms with Crippen LogP contribution in [0.5, 0.6) is 0 Å². The number of thioether (sulfide) groups is 2. The highest BCUT2D eigenvalue weighted by molar-refractivity contribution is 8.03. The third-order valence-electron chi connectivity index (χ3n) is 6.73. The molecule has 3 rings (SSSR count). The predicted molar refractivity (Wildman–Crippen MR) is 150 cm³/mol. The molecule has 8 N–H and O–H groups in total. The molecule has 0 spiro atoms. The molecule has 40 heavy (non-hydrogen) atoms. The fourth-order valence-corrected chi connectivity index (χ4v) is 7.08. The highest BCUT2D eigenvalue weighted by Crippen LogP contribution is 2.47. The molecule has 0 saturated carbocycles. The van der Waals surface area contributed by atoms with E-state index < -0.39 is 59.9 Å². The minimum Gasteiger partial charge on any atom is -0.477 e. The number of aliphatic carboxylic acids is 1. The summed E-state index contributed by atoms with van der Waals surface area (Å²) in [7, 11) is 0. The fraction of sp³-hybridized carbons (Fsp3) is 0.583. The first-order chi connectivity index (χ1) is 19.0. The van der Waals surface area contributed by atoms with Gasteiger partial charge in [-0.05, 0) is 13.8 Å². The van der Waals surface area contributed by atoms with Gasteiger partial charge in [0.2, 0.25) is 5.91 Å². The number of aliphatic hydroxyl groups is 2. The molecule has 6 unspecified atom stereocenters. The molecular formula is C24H34N6O8S2. The van der Waals surface area contributed by atoms with Crippen LogP contribution in [0.25, 0.3) is 0 Å². The van der Waals surface area contributed by atoms with E-state index >= 15 is 0 Å². The third-order valence-corrected chi connectivity index (χ3v) is 8.93. The number of rotatable bonds is 14. The number of hydrogen-bond donors (Lipinski definition) is 6. The van der Waals surface area contributed by atoms with E-state index in [1.165, 1.54) is 42.3 Å². The van der Waals surface area contributed by atoms with E-state index in [1.54, 1.807) is 0 Å². The van der Waals surface area contributed by atoms with Crippen LogP contribution in [0.3, 0.4) is 0 Å². The average Bonchev–Trinajstić information content (AvgIpc) is 3.43. The number of aliphatic imine (C=N–C) groups is 2. The van der Waals surface area contributed by atoms with Gasteiger partial charge in [-0.2, -0.15) is 0 Å². The molecule has 0 aliphatic carbocycles. The van der Waals surface area contributed by atoms with Crippen molar-refractivity contribution in [2.24, 2.45) is 33.3 Å². The number of esters is 2. The largest absolute Gasteiger partial charge is 0.477 e. The van der Waals surface area contributed by atoms with E-state index in [1.807, 2.05) is 0 Å². The summed E-state index contributed by atoms with van der Waals surface area (Å²) in [4.78, 5) is 61.2. The zero-order chi connectivity index (χ0) is 29.6. The molecule has 0 bridgehead atoms. The third kappa shape index (κ3) is 6.79. The number of carboxylic acid groups (broad SMARTS) is 1. The van der Waals surface area contributed by atoms with Gasteiger partial charge in [-0.3, -0.25) is 19.6 Å². The number of carbonyl (C=O) groups is 4. The molecule has 3 heterocycles. The molecule has 1 amide bonds. The van der Waals surface area contributed by atoms with E-state index in [9.17, 15) is 34.5 Å². The molecule has 0 aromatic heterocycles. The van der Waals surface area contributed by atoms with Crippen LogP contribution in [0, 0.1) is 11.8 Å². The zero-order valence-electron chi connectivity index (χ0n) is 22.1. The Bertz CT molecular complexity index is 1140. The van der Waals surface area contributed by atoms with Crippen LogP contribution in [0.2, 0.25) is 0 Å². The normalized spacial score (nSPS) is 24.8. The van der Waals surface area contributed by atoms with Gasteiger partial charge in [-0.25, -0.2) is 9.59 Å². The Kier molecular flexibility index (Phi) is 11.0. The average molecular weight is 599 g/mol. The van der Waals surface area contributed by atoms with Crippen molar-refractivity contribution in [3.05, 3.63) is 21.2 Å². The van der Waals surface area contributed by atoms with Crippen molar-refractivity contribution >= 4 is 60.0 Å². The summed E-state index contributed by atoms with van der Waals surface area (Å²) in [6.45, 7) is 3.57. The van der Waals surface area contributed by atoms with Crippen molar-refractivity contribution in [1.82, 2.24) is 10.2 Å². The van der Waals surface area contributed by atoms with Crippen molar-refractivity contribution in [1.29, 1.82) is 0 Å². The second kappa shape index (κ2) is 14.0. The lowest BCUT2D eigenvalue weighted by molar-refractivity contribution is -0.170. The van der Waals surface area contributed by atoms with Gasteiger partial charge in [0.1, 0.15) is 17.3 Å². The molecule has 220 valence electrons. The van der Waals surface area contributed by atoms with Crippen LogP contribution < -0.4 is 16.8 Å². The summed E-state index contributed by atoms with van der Waals surface area (Å²) in [5.41, 5.74) is 10.3. The number of carbonyl (C=O) groups excluding carboxylic acids is 3. The first-order valence-electron chi connectivity index (χ1n) is 12.6. The summed E-state index contributed by atoms with van der Waals surface area (Å²) < 4.78 is 5.21. The van der Waals surface area contributed by atoms with Gasteiger partial charge >= 0.3 is 17.9 Å². The lowest BCUT2D eigenvalue weighted by atomic mass is 9.83. The number of aliphatic hydroxyl groups excluding tert-OH is 2. The van der Waals surface area contributed by atoms with Crippen molar-refractivity contribution in [3.8, 4) is 0 Å². The van der Waals surface area contributed by atoms with Gasteiger partial charge in [0, 0.05) is 40.2 Å². The monoisotopic (exact) mass is 598 g/mol. The van der Waals surface area contributed by atoms with Gasteiger partial charge in [0.25, 0.3) is 0 Å². The number of carboxylic acids is 1. The Morgan fingerprint density at radius 1 is 1.10 bits per heavy atom. The maximum absolute atomic E-state index is 13.3. The van der Waals surface area contributed by atoms with Crippen molar-refractivity contribution in [2.75, 3.05) is 24.6 Å². The number of hydrogen-bond acceptors (Lipinski definition) is 12. The van der Waals surface area contributed by atoms with Gasteiger partial charge in [0.15, 0.2) is 0 Å². The van der Waals surface area contributed by atoms with Gasteiger partial charge < -0.3 is 41.7 Å². The molecule has 14 nitrogen and oxygen atoms in total. The summed E-state index contributed by atoms with van der Waals surface area (Å²) in [5.74, 6) is -4.87. The van der Waals surface area contributed by atoms with E-state index in [-0.39, 0.29) is 17.8 Å². The zero-order valence-corrected chi connectivity index (χ0v) is 23.7. The lowest BCUT2D eigenvalue weighted by Crippen LogP contribution is -2.62. The van der Waals surface area contributed by atoms with E-state index in [2.05, 4.69) is 15.3 Å². The molecule has 16 heteroatoms. The van der Waals surface area contributed by atoms with Crippen LogP contribution >= 0.6 is 23.5 Å². The van der Waals surface area contributed by atoms with Crippen molar-refractivity contribution in [3.63, 3.8) is 0 Å². The summed E-state index contributed by atoms with van der Waals surface area (Å²) in [6.07, 6.45) is 0.507. The fourth-order valence-electron chi connectivity index (χ4n) is 4.99. The smallest absolute Gasteiger partial charge is 0.363 e. The lowest BCUT2D eigenvalue weighted by Gasteiger charge is -2.44. The number of amides is 1. The summed E-state index contributed by atoms with van der Waals surface area (Å²) in [6, 6.07) is -1.30. The van der Waals surface area contributed by atoms with Crippen LogP contribution in [0.1, 0.15) is 26.7 Å². The Morgan fingerprint density at radius 2 is 1.70 bits per heavy atom. The minimum atomic E-state index is -1.29. The van der Waals surface area contributed by atoms with Gasteiger partial charge in [0.05, 0.1) is 49.9 Å². The molecule has 3 aliphatic heterocycles.